The highest BCUT2D eigenvalue weighted by Crippen LogP contribution is 2.18. The molecule has 7 nitrogen and oxygen atoms in total. The lowest BCUT2D eigenvalue weighted by Gasteiger charge is -2.29. The zero-order chi connectivity index (χ0) is 17.2. The summed E-state index contributed by atoms with van der Waals surface area (Å²) >= 11 is 0. The van der Waals surface area contributed by atoms with E-state index < -0.39 is 10.2 Å². The van der Waals surface area contributed by atoms with E-state index in [9.17, 15) is 8.42 Å². The van der Waals surface area contributed by atoms with Gasteiger partial charge in [0.1, 0.15) is 11.6 Å². The molecule has 130 valence electrons. The van der Waals surface area contributed by atoms with Crippen molar-refractivity contribution in [3.8, 4) is 5.82 Å². The van der Waals surface area contributed by atoms with Crippen molar-refractivity contribution in [1.29, 1.82) is 0 Å². The number of nitrogens with one attached hydrogen (secondary N) is 1. The van der Waals surface area contributed by atoms with E-state index in [4.69, 9.17) is 0 Å². The summed E-state index contributed by atoms with van der Waals surface area (Å²) in [6.45, 7) is 5.42. The van der Waals surface area contributed by atoms with E-state index in [1.165, 1.54) is 4.31 Å². The van der Waals surface area contributed by atoms with Crippen LogP contribution < -0.4 is 4.72 Å². The van der Waals surface area contributed by atoms with Crippen LogP contribution >= 0.6 is 0 Å². The number of nitrogens with zero attached hydrogens (tertiary/aromatic N) is 4. The van der Waals surface area contributed by atoms with Crippen LogP contribution in [0.1, 0.15) is 31.2 Å². The highest BCUT2D eigenvalue weighted by Gasteiger charge is 2.26. The minimum atomic E-state index is -3.43. The normalized spacial score (nSPS) is 19.5. The molecule has 2 aromatic heterocycles. The molecule has 0 aliphatic carbocycles. The summed E-state index contributed by atoms with van der Waals surface area (Å²) < 4.78 is 30.9. The van der Waals surface area contributed by atoms with Crippen LogP contribution in [-0.2, 0) is 16.8 Å². The average Bonchev–Trinajstić information content (AvgIpc) is 3.00. The van der Waals surface area contributed by atoms with Crippen LogP contribution in [0.5, 0.6) is 0 Å². The van der Waals surface area contributed by atoms with Gasteiger partial charge >= 0.3 is 0 Å². The number of hydrogen-bond donors (Lipinski definition) is 1. The fraction of sp³-hybridized carbons (Fsp3) is 0.500. The smallest absolute Gasteiger partial charge is 0.279 e. The van der Waals surface area contributed by atoms with Gasteiger partial charge in [-0.05, 0) is 37.3 Å². The number of aryl methyl sites for hydroxylation is 1. The molecule has 0 spiro atoms. The number of pyridine rings is 1. The van der Waals surface area contributed by atoms with Gasteiger partial charge in [0, 0.05) is 38.2 Å². The Labute approximate surface area is 142 Å². The molecule has 1 saturated heterocycles. The summed E-state index contributed by atoms with van der Waals surface area (Å²) in [7, 11) is -3.43. The second-order valence-corrected chi connectivity index (χ2v) is 8.06. The van der Waals surface area contributed by atoms with Gasteiger partial charge in [-0.15, -0.1) is 0 Å². The van der Waals surface area contributed by atoms with E-state index >= 15 is 0 Å². The van der Waals surface area contributed by atoms with Crippen molar-refractivity contribution in [2.24, 2.45) is 5.92 Å². The van der Waals surface area contributed by atoms with E-state index in [1.807, 2.05) is 29.8 Å². The average molecular weight is 349 g/mol. The third kappa shape index (κ3) is 3.82. The van der Waals surface area contributed by atoms with Gasteiger partial charge in [0.2, 0.25) is 0 Å². The molecule has 1 N–H and O–H groups in total. The fourth-order valence-electron chi connectivity index (χ4n) is 2.91. The highest BCUT2D eigenvalue weighted by atomic mass is 32.2. The molecule has 1 fully saturated rings. The Morgan fingerprint density at radius 3 is 2.79 bits per heavy atom. The molecule has 3 rings (SSSR count). The first-order chi connectivity index (χ1) is 11.5. The van der Waals surface area contributed by atoms with Crippen LogP contribution in [0.3, 0.4) is 0 Å². The van der Waals surface area contributed by atoms with E-state index in [2.05, 4.69) is 21.6 Å². The van der Waals surface area contributed by atoms with Gasteiger partial charge in [0.15, 0.2) is 0 Å². The van der Waals surface area contributed by atoms with Gasteiger partial charge < -0.3 is 0 Å². The molecule has 0 saturated carbocycles. The molecule has 0 bridgehead atoms. The van der Waals surface area contributed by atoms with Gasteiger partial charge in [-0.1, -0.05) is 13.0 Å². The molecular formula is C16H23N5O2S. The first-order valence-corrected chi connectivity index (χ1v) is 9.60. The van der Waals surface area contributed by atoms with Gasteiger partial charge in [-0.25, -0.2) is 9.97 Å². The van der Waals surface area contributed by atoms with Crippen molar-refractivity contribution >= 4 is 10.2 Å². The largest absolute Gasteiger partial charge is 0.288 e. The van der Waals surface area contributed by atoms with Crippen LogP contribution in [0.2, 0.25) is 0 Å². The third-order valence-electron chi connectivity index (χ3n) is 4.30. The van der Waals surface area contributed by atoms with Crippen molar-refractivity contribution in [3.63, 3.8) is 0 Å². The summed E-state index contributed by atoms with van der Waals surface area (Å²) in [5.74, 6) is 2.03. The predicted molar refractivity (Wildman–Crippen MR) is 91.8 cm³/mol. The zero-order valence-corrected chi connectivity index (χ0v) is 14.8. The molecule has 0 unspecified atom stereocenters. The highest BCUT2D eigenvalue weighted by molar-refractivity contribution is 7.87. The van der Waals surface area contributed by atoms with Crippen LogP contribution in [-0.4, -0.2) is 40.3 Å². The zero-order valence-electron chi connectivity index (χ0n) is 14.0. The van der Waals surface area contributed by atoms with Gasteiger partial charge in [0.25, 0.3) is 10.2 Å². The SMILES string of the molecule is Cc1nccn1-c1ccc(CNS(=O)(=O)N2CCC[C@H](C)C2)cn1. The fourth-order valence-corrected chi connectivity index (χ4v) is 4.27. The van der Waals surface area contributed by atoms with Crippen LogP contribution in [0.15, 0.2) is 30.7 Å². The van der Waals surface area contributed by atoms with Gasteiger partial charge in [-0.3, -0.25) is 4.57 Å². The maximum Gasteiger partial charge on any atom is 0.279 e. The van der Waals surface area contributed by atoms with Crippen molar-refractivity contribution in [2.45, 2.75) is 33.2 Å². The molecule has 24 heavy (non-hydrogen) atoms. The van der Waals surface area contributed by atoms with E-state index in [0.717, 1.165) is 30.0 Å². The summed E-state index contributed by atoms with van der Waals surface area (Å²) in [5, 5.41) is 0. The van der Waals surface area contributed by atoms with Crippen LogP contribution in [0.4, 0.5) is 0 Å². The molecule has 1 atom stereocenters. The maximum atomic E-state index is 12.4. The summed E-state index contributed by atoms with van der Waals surface area (Å²) in [6, 6.07) is 3.74. The molecule has 8 heteroatoms. The Balaban J connectivity index is 1.63. The minimum Gasteiger partial charge on any atom is -0.288 e. The number of aromatic nitrogens is 3. The topological polar surface area (TPSA) is 80.1 Å². The Morgan fingerprint density at radius 2 is 2.17 bits per heavy atom. The lowest BCUT2D eigenvalue weighted by Crippen LogP contribution is -2.45. The first-order valence-electron chi connectivity index (χ1n) is 8.16. The summed E-state index contributed by atoms with van der Waals surface area (Å²) in [4.78, 5) is 8.55. The second-order valence-electron chi connectivity index (χ2n) is 6.30. The van der Waals surface area contributed by atoms with Crippen LogP contribution in [0.25, 0.3) is 5.82 Å². The summed E-state index contributed by atoms with van der Waals surface area (Å²) in [6.07, 6.45) is 7.26. The Bertz CT molecular complexity index is 785. The summed E-state index contributed by atoms with van der Waals surface area (Å²) in [5.41, 5.74) is 0.824. The van der Waals surface area contributed by atoms with Crippen molar-refractivity contribution in [1.82, 2.24) is 23.6 Å². The van der Waals surface area contributed by atoms with Gasteiger partial charge in [-0.2, -0.15) is 17.4 Å². The van der Waals surface area contributed by atoms with E-state index in [-0.39, 0.29) is 6.54 Å². The third-order valence-corrected chi connectivity index (χ3v) is 5.82. The molecule has 3 heterocycles. The molecule has 2 aromatic rings. The quantitative estimate of drug-likeness (QED) is 0.890. The molecule has 0 aromatic carbocycles. The molecule has 1 aliphatic rings. The number of imidazole rings is 1. The Kier molecular flexibility index (Phi) is 4.98. The van der Waals surface area contributed by atoms with E-state index in [1.54, 1.807) is 12.4 Å². The number of hydrogen-bond acceptors (Lipinski definition) is 4. The Morgan fingerprint density at radius 1 is 1.33 bits per heavy atom. The lowest BCUT2D eigenvalue weighted by molar-refractivity contribution is 0.278. The number of piperidine rings is 1. The first kappa shape index (κ1) is 17.1. The van der Waals surface area contributed by atoms with Gasteiger partial charge in [0.05, 0.1) is 0 Å². The van der Waals surface area contributed by atoms with Crippen LogP contribution in [0, 0.1) is 12.8 Å². The molecule has 0 radical (unpaired) electrons. The maximum absolute atomic E-state index is 12.4. The van der Waals surface area contributed by atoms with Crippen molar-refractivity contribution < 1.29 is 8.42 Å². The molecule has 0 amide bonds. The second kappa shape index (κ2) is 7.00. The van der Waals surface area contributed by atoms with Crippen molar-refractivity contribution in [2.75, 3.05) is 13.1 Å². The predicted octanol–water partition coefficient (Wildman–Crippen LogP) is 1.64. The molecule has 1 aliphatic heterocycles. The lowest BCUT2D eigenvalue weighted by atomic mass is 10.0. The standard InChI is InChI=1S/C16H23N5O2S/c1-13-4-3-8-20(12-13)24(22,23)19-11-15-5-6-16(18-10-15)21-9-7-17-14(21)2/h5-7,9-10,13,19H,3-4,8,11-12H2,1-2H3/t13-/m0/s1. The Hall–Kier alpha value is -1.77. The number of rotatable bonds is 5. The van der Waals surface area contributed by atoms with Crippen molar-refractivity contribution in [3.05, 3.63) is 42.1 Å². The monoisotopic (exact) mass is 349 g/mol. The molecular weight excluding hydrogens is 326 g/mol. The van der Waals surface area contributed by atoms with E-state index in [0.29, 0.717) is 19.0 Å². The minimum absolute atomic E-state index is 0.239.